The third-order valence-corrected chi connectivity index (χ3v) is 4.60. The number of carboxylic acids is 1. The minimum atomic E-state index is -0.756. The van der Waals surface area contributed by atoms with Crippen molar-refractivity contribution in [3.63, 3.8) is 0 Å². The van der Waals surface area contributed by atoms with Crippen LogP contribution in [0.1, 0.15) is 31.2 Å². The van der Waals surface area contributed by atoms with Crippen LogP contribution in [0.4, 0.5) is 0 Å². The van der Waals surface area contributed by atoms with Crippen molar-refractivity contribution in [1.82, 2.24) is 5.32 Å². The maximum absolute atomic E-state index is 12.2. The Morgan fingerprint density at radius 1 is 1.17 bits per heavy atom. The van der Waals surface area contributed by atoms with Crippen LogP contribution in [-0.2, 0) is 16.0 Å². The summed E-state index contributed by atoms with van der Waals surface area (Å²) in [6.45, 7) is 0.420. The monoisotopic (exact) mass is 335 g/mol. The molecule has 1 aromatic carbocycles. The summed E-state index contributed by atoms with van der Waals surface area (Å²) in [4.78, 5) is 23.4. The number of hydrogen-bond donors (Lipinski definition) is 2. The largest absolute Gasteiger partial charge is 0.493 e. The molecule has 2 rings (SSSR count). The Morgan fingerprint density at radius 2 is 1.88 bits per heavy atom. The maximum Gasteiger partial charge on any atom is 0.306 e. The van der Waals surface area contributed by atoms with E-state index < -0.39 is 5.97 Å². The molecule has 2 N–H and O–H groups in total. The van der Waals surface area contributed by atoms with E-state index in [1.54, 1.807) is 26.4 Å². The van der Waals surface area contributed by atoms with Crippen molar-refractivity contribution in [2.75, 3.05) is 20.8 Å². The van der Waals surface area contributed by atoms with Gasteiger partial charge >= 0.3 is 5.97 Å². The van der Waals surface area contributed by atoms with Crippen molar-refractivity contribution in [1.29, 1.82) is 0 Å². The first-order chi connectivity index (χ1) is 11.5. The van der Waals surface area contributed by atoms with Crippen LogP contribution in [0.5, 0.6) is 11.5 Å². The number of carboxylic acid groups (broad SMARTS) is 1. The Kier molecular flexibility index (Phi) is 6.46. The molecule has 132 valence electrons. The summed E-state index contributed by atoms with van der Waals surface area (Å²) in [6.07, 6.45) is 3.76. The second kappa shape index (κ2) is 8.57. The van der Waals surface area contributed by atoms with Crippen molar-refractivity contribution in [3.05, 3.63) is 23.8 Å². The molecule has 0 aliphatic heterocycles. The summed E-state index contributed by atoms with van der Waals surface area (Å²) in [5.41, 5.74) is 0.823. The lowest BCUT2D eigenvalue weighted by atomic mass is 9.79. The molecule has 1 saturated carbocycles. The van der Waals surface area contributed by atoms with E-state index in [0.29, 0.717) is 24.5 Å². The summed E-state index contributed by atoms with van der Waals surface area (Å²) in [5, 5.41) is 12.2. The van der Waals surface area contributed by atoms with Crippen LogP contribution >= 0.6 is 0 Å². The first kappa shape index (κ1) is 18.1. The van der Waals surface area contributed by atoms with E-state index in [-0.39, 0.29) is 24.2 Å². The van der Waals surface area contributed by atoms with Crippen molar-refractivity contribution < 1.29 is 24.2 Å². The van der Waals surface area contributed by atoms with Gasteiger partial charge < -0.3 is 19.9 Å². The Hall–Kier alpha value is -2.24. The quantitative estimate of drug-likeness (QED) is 0.798. The average Bonchev–Trinajstić information content (AvgIpc) is 2.60. The highest BCUT2D eigenvalue weighted by Crippen LogP contribution is 2.30. The summed E-state index contributed by atoms with van der Waals surface area (Å²) in [5.74, 6) is 0.00527. The normalized spacial score (nSPS) is 20.2. The van der Waals surface area contributed by atoms with Crippen molar-refractivity contribution in [2.24, 2.45) is 11.8 Å². The number of hydrogen-bond acceptors (Lipinski definition) is 4. The third kappa shape index (κ3) is 4.63. The second-order valence-electron chi connectivity index (χ2n) is 6.16. The van der Waals surface area contributed by atoms with Gasteiger partial charge in [0, 0.05) is 6.54 Å². The second-order valence-corrected chi connectivity index (χ2v) is 6.16. The Balaban J connectivity index is 1.90. The van der Waals surface area contributed by atoms with Crippen LogP contribution in [0.25, 0.3) is 0 Å². The molecule has 1 aromatic rings. The fourth-order valence-corrected chi connectivity index (χ4v) is 3.26. The topological polar surface area (TPSA) is 84.9 Å². The lowest BCUT2D eigenvalue weighted by molar-refractivity contribution is -0.145. The van der Waals surface area contributed by atoms with Gasteiger partial charge in [-0.3, -0.25) is 9.59 Å². The number of carbonyl (C=O) groups excluding carboxylic acids is 1. The minimum Gasteiger partial charge on any atom is -0.493 e. The van der Waals surface area contributed by atoms with E-state index in [4.69, 9.17) is 9.47 Å². The molecule has 6 nitrogen and oxygen atoms in total. The van der Waals surface area contributed by atoms with Crippen molar-refractivity contribution in [2.45, 2.75) is 32.1 Å². The maximum atomic E-state index is 12.2. The van der Waals surface area contributed by atoms with Crippen LogP contribution < -0.4 is 14.8 Å². The van der Waals surface area contributed by atoms with Gasteiger partial charge in [-0.1, -0.05) is 18.9 Å². The Bertz CT molecular complexity index is 587. The van der Waals surface area contributed by atoms with Gasteiger partial charge in [0.15, 0.2) is 11.5 Å². The zero-order valence-electron chi connectivity index (χ0n) is 14.2. The number of benzene rings is 1. The van der Waals surface area contributed by atoms with Gasteiger partial charge in [0.25, 0.3) is 0 Å². The summed E-state index contributed by atoms with van der Waals surface area (Å²) >= 11 is 0. The fraction of sp³-hybridized carbons (Fsp3) is 0.556. The van der Waals surface area contributed by atoms with Gasteiger partial charge in [0.1, 0.15) is 0 Å². The predicted molar refractivity (Wildman–Crippen MR) is 89.3 cm³/mol. The van der Waals surface area contributed by atoms with Crippen LogP contribution in [0.2, 0.25) is 0 Å². The van der Waals surface area contributed by atoms with Gasteiger partial charge in [-0.2, -0.15) is 0 Å². The molecule has 0 saturated heterocycles. The van der Waals surface area contributed by atoms with Crippen LogP contribution in [0.3, 0.4) is 0 Å². The van der Waals surface area contributed by atoms with E-state index in [1.807, 2.05) is 6.07 Å². The zero-order chi connectivity index (χ0) is 17.5. The van der Waals surface area contributed by atoms with Crippen LogP contribution in [-0.4, -0.2) is 37.7 Å². The van der Waals surface area contributed by atoms with Gasteiger partial charge in [-0.15, -0.1) is 0 Å². The molecule has 1 aliphatic rings. The molecule has 1 fully saturated rings. The first-order valence-electron chi connectivity index (χ1n) is 8.25. The van der Waals surface area contributed by atoms with Crippen LogP contribution in [0, 0.1) is 11.8 Å². The third-order valence-electron chi connectivity index (χ3n) is 4.60. The van der Waals surface area contributed by atoms with Crippen LogP contribution in [0.15, 0.2) is 18.2 Å². The molecule has 1 amide bonds. The van der Waals surface area contributed by atoms with E-state index in [9.17, 15) is 14.7 Å². The molecular formula is C18H25NO5. The smallest absolute Gasteiger partial charge is 0.306 e. The molecule has 6 heteroatoms. The molecule has 0 heterocycles. The molecule has 0 unspecified atom stereocenters. The number of aliphatic carboxylic acids is 1. The molecular weight excluding hydrogens is 310 g/mol. The van der Waals surface area contributed by atoms with E-state index in [2.05, 4.69) is 5.32 Å². The lowest BCUT2D eigenvalue weighted by Gasteiger charge is -2.28. The molecule has 1 aliphatic carbocycles. The number of ether oxygens (including phenoxy) is 2. The molecule has 0 radical (unpaired) electrons. The number of methoxy groups -OCH3 is 2. The fourth-order valence-electron chi connectivity index (χ4n) is 3.26. The minimum absolute atomic E-state index is 0.0191. The Labute approximate surface area is 142 Å². The molecule has 0 spiro atoms. The highest BCUT2D eigenvalue weighted by Gasteiger charge is 2.30. The lowest BCUT2D eigenvalue weighted by Crippen LogP contribution is -2.37. The predicted octanol–water partition coefficient (Wildman–Crippen LogP) is 2.25. The zero-order valence-corrected chi connectivity index (χ0v) is 14.2. The van der Waals surface area contributed by atoms with Gasteiger partial charge in [0.05, 0.1) is 26.6 Å². The number of carbonyl (C=O) groups is 2. The summed E-state index contributed by atoms with van der Waals surface area (Å²) < 4.78 is 10.4. The molecule has 0 aromatic heterocycles. The summed E-state index contributed by atoms with van der Waals surface area (Å²) in [6, 6.07) is 5.36. The van der Waals surface area contributed by atoms with Crippen molar-refractivity contribution >= 4 is 11.9 Å². The number of rotatable bonds is 7. The number of nitrogens with one attached hydrogen (secondary N) is 1. The SMILES string of the molecule is COc1ccc(CC(=O)NC[C@@H]2CCCC[C@@H]2C(=O)O)cc1OC. The van der Waals surface area contributed by atoms with Gasteiger partial charge in [0.2, 0.25) is 5.91 Å². The van der Waals surface area contributed by atoms with E-state index in [0.717, 1.165) is 24.8 Å². The van der Waals surface area contributed by atoms with Gasteiger partial charge in [-0.25, -0.2) is 0 Å². The standard InChI is InChI=1S/C18H25NO5/c1-23-15-8-7-12(9-16(15)24-2)10-17(20)19-11-13-5-3-4-6-14(13)18(21)22/h7-9,13-14H,3-6,10-11H2,1-2H3,(H,19,20)(H,21,22)/t13-,14-/m0/s1. The first-order valence-corrected chi connectivity index (χ1v) is 8.25. The van der Waals surface area contributed by atoms with E-state index >= 15 is 0 Å². The highest BCUT2D eigenvalue weighted by atomic mass is 16.5. The highest BCUT2D eigenvalue weighted by molar-refractivity contribution is 5.79. The van der Waals surface area contributed by atoms with E-state index in [1.165, 1.54) is 0 Å². The molecule has 24 heavy (non-hydrogen) atoms. The molecule has 2 atom stereocenters. The van der Waals surface area contributed by atoms with Gasteiger partial charge in [-0.05, 0) is 36.5 Å². The summed E-state index contributed by atoms with van der Waals surface area (Å²) in [7, 11) is 3.12. The number of amides is 1. The average molecular weight is 335 g/mol. The molecule has 0 bridgehead atoms. The Morgan fingerprint density at radius 3 is 2.54 bits per heavy atom. The van der Waals surface area contributed by atoms with Crippen molar-refractivity contribution in [3.8, 4) is 11.5 Å².